The molecule has 0 spiro atoms. The van der Waals surface area contributed by atoms with Crippen molar-refractivity contribution in [2.45, 2.75) is 43.4 Å². The largest absolute Gasteiger partial charge is 0.311 e. The van der Waals surface area contributed by atoms with Crippen LogP contribution in [0.2, 0.25) is 0 Å². The molecule has 20 heavy (non-hydrogen) atoms. The van der Waals surface area contributed by atoms with Crippen molar-refractivity contribution in [3.05, 3.63) is 35.2 Å². The lowest BCUT2D eigenvalue weighted by atomic mass is 9.88. The van der Waals surface area contributed by atoms with Crippen LogP contribution in [0, 0.1) is 0 Å². The van der Waals surface area contributed by atoms with Crippen molar-refractivity contribution in [2.24, 2.45) is 0 Å². The van der Waals surface area contributed by atoms with Gasteiger partial charge in [-0.1, -0.05) is 37.5 Å². The van der Waals surface area contributed by atoms with Crippen LogP contribution < -0.4 is 5.32 Å². The van der Waals surface area contributed by atoms with Crippen LogP contribution in [0.25, 0.3) is 10.1 Å². The van der Waals surface area contributed by atoms with Gasteiger partial charge in [0.05, 0.1) is 0 Å². The van der Waals surface area contributed by atoms with Gasteiger partial charge in [0.15, 0.2) is 0 Å². The van der Waals surface area contributed by atoms with E-state index in [-0.39, 0.29) is 0 Å². The molecular weight excluding hydrogens is 282 g/mol. The van der Waals surface area contributed by atoms with Crippen molar-refractivity contribution in [1.29, 1.82) is 0 Å². The lowest BCUT2D eigenvalue weighted by Crippen LogP contribution is -2.39. The smallest absolute Gasteiger partial charge is 0.0346 e. The lowest BCUT2D eigenvalue weighted by Gasteiger charge is -2.36. The zero-order valence-corrected chi connectivity index (χ0v) is 13.8. The molecule has 0 bridgehead atoms. The predicted molar refractivity (Wildman–Crippen MR) is 92.9 cm³/mol. The summed E-state index contributed by atoms with van der Waals surface area (Å²) >= 11 is 3.93. The summed E-state index contributed by atoms with van der Waals surface area (Å²) in [4.78, 5) is 0. The zero-order chi connectivity index (χ0) is 13.8. The summed E-state index contributed by atoms with van der Waals surface area (Å²) in [5.74, 6) is 0. The molecule has 0 radical (unpaired) electrons. The molecule has 1 aromatic carbocycles. The zero-order valence-electron chi connectivity index (χ0n) is 12.2. The Balaban J connectivity index is 1.62. The number of fused-ring (bicyclic) bond motifs is 1. The predicted octanol–water partition coefficient (Wildman–Crippen LogP) is 5.06. The second-order valence-corrected chi connectivity index (χ2v) is 7.99. The molecule has 1 saturated carbocycles. The Bertz CT molecular complexity index is 555. The van der Waals surface area contributed by atoms with Crippen LogP contribution >= 0.6 is 23.1 Å². The Morgan fingerprint density at radius 2 is 2.00 bits per heavy atom. The fourth-order valence-corrected chi connectivity index (χ4v) is 5.15. The molecule has 1 aliphatic carbocycles. The van der Waals surface area contributed by atoms with Gasteiger partial charge in [0, 0.05) is 22.5 Å². The molecule has 0 atom stereocenters. The van der Waals surface area contributed by atoms with E-state index >= 15 is 0 Å². The van der Waals surface area contributed by atoms with Crippen LogP contribution in [0.15, 0.2) is 29.6 Å². The van der Waals surface area contributed by atoms with Gasteiger partial charge in [-0.2, -0.15) is 11.8 Å². The Labute approximate surface area is 130 Å². The molecule has 108 valence electrons. The first kappa shape index (κ1) is 14.4. The summed E-state index contributed by atoms with van der Waals surface area (Å²) in [5, 5.41) is 7.46. The maximum atomic E-state index is 3.73. The Kier molecular flexibility index (Phi) is 4.69. The molecule has 1 heterocycles. The molecule has 2 aromatic rings. The lowest BCUT2D eigenvalue weighted by molar-refractivity contribution is 0.379. The monoisotopic (exact) mass is 305 g/mol. The van der Waals surface area contributed by atoms with Gasteiger partial charge in [0.25, 0.3) is 0 Å². The fourth-order valence-electron chi connectivity index (χ4n) is 3.24. The first-order valence-electron chi connectivity index (χ1n) is 7.54. The molecule has 3 rings (SSSR count). The van der Waals surface area contributed by atoms with E-state index in [2.05, 4.69) is 53.0 Å². The minimum Gasteiger partial charge on any atom is -0.311 e. The van der Waals surface area contributed by atoms with Crippen LogP contribution in [-0.4, -0.2) is 17.5 Å². The van der Waals surface area contributed by atoms with Crippen LogP contribution in [0.4, 0.5) is 0 Å². The van der Waals surface area contributed by atoms with Crippen LogP contribution in [0.3, 0.4) is 0 Å². The third-order valence-corrected chi connectivity index (χ3v) is 6.95. The summed E-state index contributed by atoms with van der Waals surface area (Å²) in [6.07, 6.45) is 9.29. The first-order chi connectivity index (χ1) is 9.83. The van der Waals surface area contributed by atoms with Crippen molar-refractivity contribution in [3.8, 4) is 0 Å². The number of thioether (sulfide) groups is 1. The van der Waals surface area contributed by atoms with Crippen molar-refractivity contribution in [3.63, 3.8) is 0 Å². The second kappa shape index (κ2) is 6.50. The summed E-state index contributed by atoms with van der Waals surface area (Å²) in [6.45, 7) is 2.16. The van der Waals surface area contributed by atoms with E-state index < -0.39 is 0 Å². The molecule has 1 N–H and O–H groups in total. The molecular formula is C17H23NS2. The molecule has 3 heteroatoms. The van der Waals surface area contributed by atoms with Crippen molar-refractivity contribution >= 4 is 33.2 Å². The van der Waals surface area contributed by atoms with Crippen molar-refractivity contribution in [2.75, 3.05) is 12.8 Å². The van der Waals surface area contributed by atoms with Crippen molar-refractivity contribution in [1.82, 2.24) is 5.32 Å². The first-order valence-corrected chi connectivity index (χ1v) is 9.64. The summed E-state index contributed by atoms with van der Waals surface area (Å²) in [6, 6.07) is 8.73. The maximum absolute atomic E-state index is 3.73. The highest BCUT2D eigenvalue weighted by atomic mass is 32.2. The van der Waals surface area contributed by atoms with Gasteiger partial charge < -0.3 is 5.32 Å². The van der Waals surface area contributed by atoms with E-state index in [9.17, 15) is 0 Å². The van der Waals surface area contributed by atoms with Gasteiger partial charge in [0.1, 0.15) is 0 Å². The topological polar surface area (TPSA) is 12.0 Å². The maximum Gasteiger partial charge on any atom is 0.0346 e. The van der Waals surface area contributed by atoms with Crippen molar-refractivity contribution < 1.29 is 0 Å². The molecule has 0 amide bonds. The van der Waals surface area contributed by atoms with E-state index in [1.165, 1.54) is 47.8 Å². The van der Waals surface area contributed by atoms with E-state index in [1.807, 2.05) is 11.3 Å². The Hall–Kier alpha value is -0.510. The highest BCUT2D eigenvalue weighted by molar-refractivity contribution is 8.00. The van der Waals surface area contributed by atoms with Gasteiger partial charge >= 0.3 is 0 Å². The molecule has 0 saturated heterocycles. The number of hydrogen-bond donors (Lipinski definition) is 1. The molecule has 1 fully saturated rings. The number of thiophene rings is 1. The number of rotatable bonds is 5. The summed E-state index contributed by atoms with van der Waals surface area (Å²) < 4.78 is 1.89. The van der Waals surface area contributed by atoms with Gasteiger partial charge in [-0.3, -0.25) is 0 Å². The van der Waals surface area contributed by atoms with E-state index in [0.29, 0.717) is 4.75 Å². The van der Waals surface area contributed by atoms with Gasteiger partial charge in [0.2, 0.25) is 0 Å². The summed E-state index contributed by atoms with van der Waals surface area (Å²) in [7, 11) is 0. The highest BCUT2D eigenvalue weighted by Gasteiger charge is 2.30. The standard InChI is InChI=1S/C17H23NS2/c1-19-17(9-5-2-6-10-17)13-18-11-14-12-20-16-8-4-3-7-15(14)16/h3-4,7-8,12,18H,2,5-6,9-11,13H2,1H3. The number of hydrogen-bond acceptors (Lipinski definition) is 3. The van der Waals surface area contributed by atoms with Gasteiger partial charge in [-0.25, -0.2) is 0 Å². The SMILES string of the molecule is CSC1(CNCc2csc3ccccc23)CCCCC1. The molecule has 1 aliphatic rings. The quantitative estimate of drug-likeness (QED) is 0.829. The van der Waals surface area contributed by atoms with Crippen LogP contribution in [-0.2, 0) is 6.54 Å². The van der Waals surface area contributed by atoms with E-state index in [1.54, 1.807) is 0 Å². The minimum absolute atomic E-state index is 0.490. The third-order valence-electron chi connectivity index (χ3n) is 4.52. The van der Waals surface area contributed by atoms with Gasteiger partial charge in [-0.15, -0.1) is 11.3 Å². The molecule has 1 aromatic heterocycles. The number of nitrogens with one attached hydrogen (secondary N) is 1. The van der Waals surface area contributed by atoms with Gasteiger partial charge in [-0.05, 0) is 41.5 Å². The number of benzene rings is 1. The van der Waals surface area contributed by atoms with E-state index in [4.69, 9.17) is 0 Å². The average molecular weight is 306 g/mol. The van der Waals surface area contributed by atoms with E-state index in [0.717, 1.165) is 13.1 Å². The van der Waals surface area contributed by atoms with Crippen LogP contribution in [0.5, 0.6) is 0 Å². The Morgan fingerprint density at radius 3 is 2.80 bits per heavy atom. The fraction of sp³-hybridized carbons (Fsp3) is 0.529. The molecule has 0 aliphatic heterocycles. The highest BCUT2D eigenvalue weighted by Crippen LogP contribution is 2.38. The normalized spacial score (nSPS) is 18.4. The molecule has 1 nitrogen and oxygen atoms in total. The third kappa shape index (κ3) is 3.05. The summed E-state index contributed by atoms with van der Waals surface area (Å²) in [5.41, 5.74) is 1.46. The minimum atomic E-state index is 0.490. The molecule has 0 unspecified atom stereocenters. The Morgan fingerprint density at radius 1 is 1.20 bits per heavy atom. The van der Waals surface area contributed by atoms with Crippen LogP contribution in [0.1, 0.15) is 37.7 Å². The second-order valence-electron chi connectivity index (χ2n) is 5.81. The average Bonchev–Trinajstić information content (AvgIpc) is 2.92.